The molecule has 10 heteroatoms. The molecule has 36 heavy (non-hydrogen) atoms. The zero-order valence-corrected chi connectivity index (χ0v) is 20.3. The molecule has 3 aromatic rings. The lowest BCUT2D eigenvalue weighted by Gasteiger charge is -2.30. The van der Waals surface area contributed by atoms with Gasteiger partial charge in [-0.15, -0.1) is 0 Å². The number of halogens is 3. The van der Waals surface area contributed by atoms with E-state index in [1.54, 1.807) is 0 Å². The normalized spacial score (nSPS) is 14.9. The van der Waals surface area contributed by atoms with Crippen LogP contribution in [0.1, 0.15) is 45.8 Å². The maximum atomic E-state index is 13.3. The molecule has 190 valence electrons. The first-order valence-electron chi connectivity index (χ1n) is 11.6. The number of para-hydroxylation sites is 1. The maximum Gasteiger partial charge on any atom is 0.418 e. The van der Waals surface area contributed by atoms with Gasteiger partial charge < -0.3 is 20.3 Å². The van der Waals surface area contributed by atoms with E-state index in [0.29, 0.717) is 5.92 Å². The Kier molecular flexibility index (Phi) is 7.44. The van der Waals surface area contributed by atoms with E-state index < -0.39 is 17.6 Å². The van der Waals surface area contributed by atoms with Crippen LogP contribution in [-0.2, 0) is 6.18 Å². The molecule has 0 spiro atoms. The molecular formula is C26H28F3N5O2. The van der Waals surface area contributed by atoms with Gasteiger partial charge in [-0.1, -0.05) is 18.2 Å². The molecule has 2 N–H and O–H groups in total. The lowest BCUT2D eigenvalue weighted by Crippen LogP contribution is -2.29. The topological polar surface area (TPSA) is 79.4 Å². The zero-order chi connectivity index (χ0) is 25.9. The number of likely N-dealkylation sites (tertiary alicyclic amines) is 1. The minimum Gasteiger partial charge on any atom is -0.480 e. The molecule has 4 rings (SSSR count). The van der Waals surface area contributed by atoms with Crippen LogP contribution in [0.2, 0.25) is 0 Å². The van der Waals surface area contributed by atoms with Crippen molar-refractivity contribution in [3.05, 3.63) is 70.9 Å². The number of ether oxygens (including phenoxy) is 1. The van der Waals surface area contributed by atoms with Gasteiger partial charge in [0, 0.05) is 11.9 Å². The summed E-state index contributed by atoms with van der Waals surface area (Å²) < 4.78 is 45.0. The van der Waals surface area contributed by atoms with Crippen molar-refractivity contribution in [2.75, 3.05) is 37.9 Å². The number of benzene rings is 2. The average molecular weight is 500 g/mol. The van der Waals surface area contributed by atoms with Gasteiger partial charge in [0.15, 0.2) is 0 Å². The highest BCUT2D eigenvalue weighted by molar-refractivity contribution is 6.06. The Morgan fingerprint density at radius 3 is 2.53 bits per heavy atom. The quantitative estimate of drug-likeness (QED) is 0.459. The van der Waals surface area contributed by atoms with Crippen molar-refractivity contribution in [1.29, 1.82) is 0 Å². The molecule has 1 aliphatic heterocycles. The van der Waals surface area contributed by atoms with Gasteiger partial charge in [0.1, 0.15) is 5.56 Å². The SMILES string of the molecule is COc1nc(Nc2ccc(C3CCN(C)CC3)c(C)c2)ncc1C(=O)Nc1ccccc1C(F)(F)F. The molecule has 0 bridgehead atoms. The van der Waals surface area contributed by atoms with Crippen molar-refractivity contribution in [1.82, 2.24) is 14.9 Å². The number of alkyl halides is 3. The molecule has 0 aliphatic carbocycles. The summed E-state index contributed by atoms with van der Waals surface area (Å²) in [5.74, 6) is -0.139. The lowest BCUT2D eigenvalue weighted by atomic mass is 9.87. The Balaban J connectivity index is 1.50. The molecule has 2 heterocycles. The highest BCUT2D eigenvalue weighted by Crippen LogP contribution is 2.35. The molecule has 0 atom stereocenters. The van der Waals surface area contributed by atoms with E-state index in [2.05, 4.69) is 45.5 Å². The number of methoxy groups -OCH3 is 1. The second kappa shape index (κ2) is 10.5. The third-order valence-electron chi connectivity index (χ3n) is 6.36. The third-order valence-corrected chi connectivity index (χ3v) is 6.36. The van der Waals surface area contributed by atoms with Gasteiger partial charge in [0.05, 0.1) is 18.4 Å². The molecular weight excluding hydrogens is 471 g/mol. The van der Waals surface area contributed by atoms with E-state index in [1.165, 1.54) is 42.6 Å². The van der Waals surface area contributed by atoms with E-state index >= 15 is 0 Å². The number of anilines is 3. The van der Waals surface area contributed by atoms with E-state index in [1.807, 2.05) is 12.1 Å². The number of carbonyl (C=O) groups excluding carboxylic acids is 1. The monoisotopic (exact) mass is 499 g/mol. The van der Waals surface area contributed by atoms with E-state index in [4.69, 9.17) is 4.74 Å². The lowest BCUT2D eigenvalue weighted by molar-refractivity contribution is -0.136. The van der Waals surface area contributed by atoms with Crippen LogP contribution in [-0.4, -0.2) is 48.0 Å². The van der Waals surface area contributed by atoms with E-state index in [-0.39, 0.29) is 23.1 Å². The Labute approximate surface area is 207 Å². The van der Waals surface area contributed by atoms with Crippen LogP contribution in [0.4, 0.5) is 30.5 Å². The van der Waals surface area contributed by atoms with Crippen LogP contribution in [0, 0.1) is 6.92 Å². The summed E-state index contributed by atoms with van der Waals surface area (Å²) >= 11 is 0. The van der Waals surface area contributed by atoms with Gasteiger partial charge in [0.25, 0.3) is 5.91 Å². The second-order valence-corrected chi connectivity index (χ2v) is 8.89. The highest BCUT2D eigenvalue weighted by atomic mass is 19.4. The molecule has 0 radical (unpaired) electrons. The summed E-state index contributed by atoms with van der Waals surface area (Å²) in [5.41, 5.74) is 1.88. The first-order chi connectivity index (χ1) is 17.2. The molecule has 1 saturated heterocycles. The number of carbonyl (C=O) groups is 1. The second-order valence-electron chi connectivity index (χ2n) is 8.89. The molecule has 1 amide bonds. The molecule has 1 aliphatic rings. The van der Waals surface area contributed by atoms with Gasteiger partial charge >= 0.3 is 6.18 Å². The summed E-state index contributed by atoms with van der Waals surface area (Å²) in [6.07, 6.45) is -1.14. The number of nitrogens with one attached hydrogen (secondary N) is 2. The Hall–Kier alpha value is -3.66. The van der Waals surface area contributed by atoms with Crippen LogP contribution < -0.4 is 15.4 Å². The van der Waals surface area contributed by atoms with E-state index in [0.717, 1.165) is 37.7 Å². The molecule has 1 aromatic heterocycles. The number of piperidine rings is 1. The van der Waals surface area contributed by atoms with Crippen molar-refractivity contribution in [2.45, 2.75) is 31.9 Å². The molecule has 0 unspecified atom stereocenters. The maximum absolute atomic E-state index is 13.3. The van der Waals surface area contributed by atoms with Crippen molar-refractivity contribution < 1.29 is 22.7 Å². The zero-order valence-electron chi connectivity index (χ0n) is 20.3. The standard InChI is InChI=1S/C26H28F3N5O2/c1-16-14-18(8-9-19(16)17-10-12-34(2)13-11-17)31-25-30-15-20(24(33-25)36-3)23(35)32-22-7-5-4-6-21(22)26(27,28)29/h4-9,14-15,17H,10-13H2,1-3H3,(H,32,35)(H,30,31,33). The Morgan fingerprint density at radius 2 is 1.86 bits per heavy atom. The number of aromatic nitrogens is 2. The number of hydrogen-bond donors (Lipinski definition) is 2. The summed E-state index contributed by atoms with van der Waals surface area (Å²) in [5, 5.41) is 5.39. The molecule has 0 saturated carbocycles. The van der Waals surface area contributed by atoms with Crippen molar-refractivity contribution in [2.24, 2.45) is 0 Å². The van der Waals surface area contributed by atoms with Gasteiger partial charge in [0.2, 0.25) is 11.8 Å². The Morgan fingerprint density at radius 1 is 1.14 bits per heavy atom. The summed E-state index contributed by atoms with van der Waals surface area (Å²) in [6.45, 7) is 4.24. The fourth-order valence-electron chi connectivity index (χ4n) is 4.43. The summed E-state index contributed by atoms with van der Waals surface area (Å²) in [7, 11) is 3.47. The average Bonchev–Trinajstić information content (AvgIpc) is 2.84. The predicted molar refractivity (Wildman–Crippen MR) is 132 cm³/mol. The van der Waals surface area contributed by atoms with Crippen molar-refractivity contribution >= 4 is 23.2 Å². The number of aryl methyl sites for hydroxylation is 1. The van der Waals surface area contributed by atoms with Crippen molar-refractivity contribution in [3.8, 4) is 5.88 Å². The fourth-order valence-corrected chi connectivity index (χ4v) is 4.43. The highest BCUT2D eigenvalue weighted by Gasteiger charge is 2.34. The van der Waals surface area contributed by atoms with Gasteiger partial charge in [-0.25, -0.2) is 4.98 Å². The van der Waals surface area contributed by atoms with Gasteiger partial charge in [-0.05, 0) is 81.2 Å². The minimum absolute atomic E-state index is 0.0610. The van der Waals surface area contributed by atoms with E-state index in [9.17, 15) is 18.0 Å². The number of amides is 1. The fraction of sp³-hybridized carbons (Fsp3) is 0.346. The molecule has 2 aromatic carbocycles. The van der Waals surface area contributed by atoms with Gasteiger partial charge in [-0.2, -0.15) is 18.2 Å². The van der Waals surface area contributed by atoms with Gasteiger partial charge in [-0.3, -0.25) is 4.79 Å². The molecule has 7 nitrogen and oxygen atoms in total. The number of hydrogen-bond acceptors (Lipinski definition) is 6. The van der Waals surface area contributed by atoms with Crippen LogP contribution in [0.25, 0.3) is 0 Å². The van der Waals surface area contributed by atoms with Crippen LogP contribution >= 0.6 is 0 Å². The van der Waals surface area contributed by atoms with Crippen LogP contribution in [0.5, 0.6) is 5.88 Å². The predicted octanol–water partition coefficient (Wildman–Crippen LogP) is 5.62. The third kappa shape index (κ3) is 5.76. The number of nitrogens with zero attached hydrogens (tertiary/aromatic N) is 3. The Bertz CT molecular complexity index is 1240. The first-order valence-corrected chi connectivity index (χ1v) is 11.6. The van der Waals surface area contributed by atoms with Crippen molar-refractivity contribution in [3.63, 3.8) is 0 Å². The largest absolute Gasteiger partial charge is 0.480 e. The van der Waals surface area contributed by atoms with Crippen LogP contribution in [0.3, 0.4) is 0 Å². The molecule has 1 fully saturated rings. The summed E-state index contributed by atoms with van der Waals surface area (Å²) in [6, 6.07) is 10.8. The smallest absolute Gasteiger partial charge is 0.418 e. The first kappa shape index (κ1) is 25.4. The minimum atomic E-state index is -4.61. The van der Waals surface area contributed by atoms with Crippen LogP contribution in [0.15, 0.2) is 48.7 Å². The summed E-state index contributed by atoms with van der Waals surface area (Å²) in [4.78, 5) is 23.5. The number of rotatable bonds is 6.